The number of likely N-dealkylation sites (N-methyl/N-ethyl adjacent to an activating group) is 1. The molecule has 2 nitrogen and oxygen atoms in total. The van der Waals surface area contributed by atoms with Gasteiger partial charge in [0.1, 0.15) is 0 Å². The second-order valence-corrected chi connectivity index (χ2v) is 3.57. The topological polar surface area (TPSA) is 21.3 Å². The maximum Gasteiger partial charge on any atom is 0.0724 e. The quantitative estimate of drug-likeness (QED) is 0.661. The molecule has 0 aliphatic carbocycles. The van der Waals surface area contributed by atoms with Gasteiger partial charge in [-0.15, -0.1) is 0 Å². The lowest BCUT2D eigenvalue weighted by atomic mass is 9.89. The van der Waals surface area contributed by atoms with E-state index in [1.807, 2.05) is 7.05 Å². The highest BCUT2D eigenvalue weighted by Crippen LogP contribution is 2.18. The van der Waals surface area contributed by atoms with Crippen LogP contribution in [-0.2, 0) is 4.74 Å². The highest BCUT2D eigenvalue weighted by molar-refractivity contribution is 4.80. The third-order valence-corrected chi connectivity index (χ3v) is 3.00. The van der Waals surface area contributed by atoms with Crippen molar-refractivity contribution in [3.8, 4) is 0 Å². The largest absolute Gasteiger partial charge is 0.380 e. The van der Waals surface area contributed by atoms with E-state index in [0.29, 0.717) is 12.1 Å². The molecule has 0 heterocycles. The zero-order chi connectivity index (χ0) is 10.3. The fourth-order valence-electron chi connectivity index (χ4n) is 2.09. The minimum absolute atomic E-state index is 0.356. The van der Waals surface area contributed by atoms with Crippen LogP contribution in [0.4, 0.5) is 0 Å². The molecule has 0 rings (SSSR count). The summed E-state index contributed by atoms with van der Waals surface area (Å²) in [7, 11) is 3.84. The van der Waals surface area contributed by atoms with E-state index in [9.17, 15) is 0 Å². The molecule has 0 amide bonds. The van der Waals surface area contributed by atoms with E-state index >= 15 is 0 Å². The van der Waals surface area contributed by atoms with Crippen LogP contribution in [0.2, 0.25) is 0 Å². The molecule has 0 aliphatic heterocycles. The Kier molecular flexibility index (Phi) is 7.29. The van der Waals surface area contributed by atoms with Crippen LogP contribution in [0.15, 0.2) is 0 Å². The van der Waals surface area contributed by atoms with E-state index in [1.54, 1.807) is 7.11 Å². The van der Waals surface area contributed by atoms with Gasteiger partial charge in [-0.3, -0.25) is 0 Å². The molecule has 2 heteroatoms. The molecule has 0 bridgehead atoms. The molecular weight excluding hydrogens is 162 g/mol. The summed E-state index contributed by atoms with van der Waals surface area (Å²) in [6.07, 6.45) is 3.89. The molecule has 2 unspecified atom stereocenters. The van der Waals surface area contributed by atoms with Crippen LogP contribution >= 0.6 is 0 Å². The van der Waals surface area contributed by atoms with E-state index in [4.69, 9.17) is 4.74 Å². The summed E-state index contributed by atoms with van der Waals surface area (Å²) in [6, 6.07) is 0.505. The molecule has 80 valence electrons. The normalized spacial score (nSPS) is 16.2. The third-order valence-electron chi connectivity index (χ3n) is 3.00. The number of methoxy groups -OCH3 is 1. The number of nitrogens with one attached hydrogen (secondary N) is 1. The highest BCUT2D eigenvalue weighted by atomic mass is 16.5. The molecular formula is C11H25NO. The fraction of sp³-hybridized carbons (Fsp3) is 1.00. The van der Waals surface area contributed by atoms with Gasteiger partial charge in [-0.1, -0.05) is 33.6 Å². The molecule has 0 fully saturated rings. The van der Waals surface area contributed by atoms with Crippen molar-refractivity contribution in [2.45, 2.75) is 52.2 Å². The molecule has 0 aliphatic rings. The van der Waals surface area contributed by atoms with Gasteiger partial charge in [0.25, 0.3) is 0 Å². The van der Waals surface area contributed by atoms with Crippen LogP contribution < -0.4 is 5.32 Å². The minimum Gasteiger partial charge on any atom is -0.380 e. The van der Waals surface area contributed by atoms with Gasteiger partial charge in [0.15, 0.2) is 0 Å². The summed E-state index contributed by atoms with van der Waals surface area (Å²) >= 11 is 0. The molecule has 13 heavy (non-hydrogen) atoms. The Bertz CT molecular complexity index is 96.7. The van der Waals surface area contributed by atoms with E-state index in [1.165, 1.54) is 12.8 Å². The second kappa shape index (κ2) is 7.34. The van der Waals surface area contributed by atoms with Gasteiger partial charge in [-0.2, -0.15) is 0 Å². The van der Waals surface area contributed by atoms with Crippen LogP contribution in [-0.4, -0.2) is 26.3 Å². The van der Waals surface area contributed by atoms with E-state index in [-0.39, 0.29) is 0 Å². The van der Waals surface area contributed by atoms with Crippen molar-refractivity contribution in [3.63, 3.8) is 0 Å². The molecule has 0 aromatic heterocycles. The summed E-state index contributed by atoms with van der Waals surface area (Å²) in [5.41, 5.74) is 0. The highest BCUT2D eigenvalue weighted by Gasteiger charge is 2.24. The van der Waals surface area contributed by atoms with Crippen molar-refractivity contribution < 1.29 is 4.74 Å². The van der Waals surface area contributed by atoms with Crippen molar-refractivity contribution >= 4 is 0 Å². The molecule has 0 radical (unpaired) electrons. The van der Waals surface area contributed by atoms with Crippen LogP contribution in [0.5, 0.6) is 0 Å². The smallest absolute Gasteiger partial charge is 0.0724 e. The van der Waals surface area contributed by atoms with E-state index in [0.717, 1.165) is 12.3 Å². The minimum atomic E-state index is 0.356. The van der Waals surface area contributed by atoms with Crippen molar-refractivity contribution in [2.24, 2.45) is 5.92 Å². The summed E-state index contributed by atoms with van der Waals surface area (Å²) in [5.74, 6) is 0.731. The number of hydrogen-bond donors (Lipinski definition) is 1. The molecule has 0 aromatic carbocycles. The van der Waals surface area contributed by atoms with Crippen LogP contribution in [0.25, 0.3) is 0 Å². The maximum atomic E-state index is 5.47. The first-order valence-electron chi connectivity index (χ1n) is 5.45. The number of hydrogen-bond acceptors (Lipinski definition) is 2. The molecule has 0 saturated carbocycles. The Morgan fingerprint density at radius 2 is 1.62 bits per heavy atom. The van der Waals surface area contributed by atoms with Gasteiger partial charge in [0.05, 0.1) is 6.10 Å². The van der Waals surface area contributed by atoms with Crippen molar-refractivity contribution in [2.75, 3.05) is 14.2 Å². The Hall–Kier alpha value is -0.0800. The summed E-state index contributed by atoms with van der Waals surface area (Å²) < 4.78 is 5.47. The summed E-state index contributed by atoms with van der Waals surface area (Å²) in [6.45, 7) is 6.68. The predicted octanol–water partition coefficient (Wildman–Crippen LogP) is 2.44. The first-order chi connectivity index (χ1) is 6.24. The van der Waals surface area contributed by atoms with Crippen molar-refractivity contribution in [1.82, 2.24) is 5.32 Å². The third kappa shape index (κ3) is 3.65. The van der Waals surface area contributed by atoms with Crippen LogP contribution in [0.3, 0.4) is 0 Å². The molecule has 0 aromatic rings. The lowest BCUT2D eigenvalue weighted by molar-refractivity contribution is 0.0456. The Labute approximate surface area is 83.1 Å². The second-order valence-electron chi connectivity index (χ2n) is 3.57. The van der Waals surface area contributed by atoms with Crippen molar-refractivity contribution in [3.05, 3.63) is 0 Å². The van der Waals surface area contributed by atoms with Crippen LogP contribution in [0, 0.1) is 5.92 Å². The molecule has 2 atom stereocenters. The van der Waals surface area contributed by atoms with Gasteiger partial charge in [-0.05, 0) is 19.4 Å². The SMILES string of the molecule is CCC(CC)C(NC)C(CC)OC. The Morgan fingerprint density at radius 3 is 1.85 bits per heavy atom. The predicted molar refractivity (Wildman–Crippen MR) is 58.0 cm³/mol. The zero-order valence-corrected chi connectivity index (χ0v) is 9.76. The van der Waals surface area contributed by atoms with E-state index in [2.05, 4.69) is 26.1 Å². The molecule has 0 saturated heterocycles. The average molecular weight is 187 g/mol. The van der Waals surface area contributed by atoms with Gasteiger partial charge in [0, 0.05) is 13.2 Å². The lowest BCUT2D eigenvalue weighted by Crippen LogP contribution is -2.44. The van der Waals surface area contributed by atoms with Gasteiger partial charge < -0.3 is 10.1 Å². The van der Waals surface area contributed by atoms with E-state index < -0.39 is 0 Å². The number of rotatable bonds is 7. The first-order valence-corrected chi connectivity index (χ1v) is 5.45. The first kappa shape index (κ1) is 12.9. The molecule has 1 N–H and O–H groups in total. The monoisotopic (exact) mass is 187 g/mol. The fourth-order valence-corrected chi connectivity index (χ4v) is 2.09. The summed E-state index contributed by atoms with van der Waals surface area (Å²) in [4.78, 5) is 0. The molecule has 0 spiro atoms. The maximum absolute atomic E-state index is 5.47. The van der Waals surface area contributed by atoms with Gasteiger partial charge in [0.2, 0.25) is 0 Å². The van der Waals surface area contributed by atoms with Crippen LogP contribution in [0.1, 0.15) is 40.0 Å². The number of ether oxygens (including phenoxy) is 1. The average Bonchev–Trinajstić information content (AvgIpc) is 2.18. The Morgan fingerprint density at radius 1 is 1.08 bits per heavy atom. The van der Waals surface area contributed by atoms with Gasteiger partial charge >= 0.3 is 0 Å². The Balaban J connectivity index is 4.26. The zero-order valence-electron chi connectivity index (χ0n) is 9.76. The standard InChI is InChI=1S/C11H25NO/c1-6-9(7-2)11(12-4)10(8-3)13-5/h9-12H,6-8H2,1-5H3. The van der Waals surface area contributed by atoms with Gasteiger partial charge in [-0.25, -0.2) is 0 Å². The summed E-state index contributed by atoms with van der Waals surface area (Å²) in [5, 5.41) is 3.38. The van der Waals surface area contributed by atoms with Crippen molar-refractivity contribution in [1.29, 1.82) is 0 Å². The lowest BCUT2D eigenvalue weighted by Gasteiger charge is -2.31.